The van der Waals surface area contributed by atoms with Crippen molar-refractivity contribution in [1.82, 2.24) is 9.80 Å². The molecule has 1 aromatic carbocycles. The molecule has 0 radical (unpaired) electrons. The Morgan fingerprint density at radius 3 is 2.57 bits per heavy atom. The lowest BCUT2D eigenvalue weighted by atomic mass is 10.0. The number of carbonyl (C=O) groups is 1. The molecule has 0 N–H and O–H groups in total. The Morgan fingerprint density at radius 2 is 1.95 bits per heavy atom. The summed E-state index contributed by atoms with van der Waals surface area (Å²) in [4.78, 5) is 16.9. The van der Waals surface area contributed by atoms with Crippen LogP contribution in [0.4, 0.5) is 4.39 Å². The maximum Gasteiger partial charge on any atom is 0.253 e. The Morgan fingerprint density at radius 1 is 1.19 bits per heavy atom. The zero-order valence-corrected chi connectivity index (χ0v) is 12.6. The van der Waals surface area contributed by atoms with Gasteiger partial charge in [0.05, 0.1) is 0 Å². The number of halogens is 1. The molecular weight excluding hydrogens is 267 g/mol. The van der Waals surface area contributed by atoms with Crippen molar-refractivity contribution >= 4 is 5.91 Å². The van der Waals surface area contributed by atoms with E-state index < -0.39 is 0 Å². The van der Waals surface area contributed by atoms with E-state index in [0.717, 1.165) is 25.9 Å². The van der Waals surface area contributed by atoms with Gasteiger partial charge in [0.1, 0.15) is 5.82 Å². The Balaban J connectivity index is 1.59. The molecule has 1 amide bonds. The van der Waals surface area contributed by atoms with Crippen LogP contribution in [0.15, 0.2) is 24.3 Å². The Bertz CT molecular complexity index is 511. The summed E-state index contributed by atoms with van der Waals surface area (Å²) in [6.07, 6.45) is 4.66. The van der Waals surface area contributed by atoms with Crippen molar-refractivity contribution in [1.29, 1.82) is 0 Å². The Kier molecular flexibility index (Phi) is 4.24. The van der Waals surface area contributed by atoms with Crippen LogP contribution < -0.4 is 0 Å². The predicted octanol–water partition coefficient (Wildman–Crippen LogP) is 2.91. The van der Waals surface area contributed by atoms with Gasteiger partial charge in [0.2, 0.25) is 0 Å². The van der Waals surface area contributed by atoms with Crippen molar-refractivity contribution in [2.45, 2.75) is 44.7 Å². The van der Waals surface area contributed by atoms with E-state index in [2.05, 4.69) is 11.8 Å². The first-order valence-electron chi connectivity index (χ1n) is 7.96. The van der Waals surface area contributed by atoms with Crippen molar-refractivity contribution < 1.29 is 9.18 Å². The van der Waals surface area contributed by atoms with Crippen LogP contribution in [0.3, 0.4) is 0 Å². The zero-order chi connectivity index (χ0) is 14.8. The van der Waals surface area contributed by atoms with Gasteiger partial charge in [-0.3, -0.25) is 9.69 Å². The second-order valence-corrected chi connectivity index (χ2v) is 6.26. The fraction of sp³-hybridized carbons (Fsp3) is 0.588. The normalized spacial score (nSPS) is 24.5. The first kappa shape index (κ1) is 14.5. The molecule has 1 atom stereocenters. The molecule has 0 aromatic heterocycles. The van der Waals surface area contributed by atoms with E-state index in [9.17, 15) is 9.18 Å². The van der Waals surface area contributed by atoms with E-state index in [1.54, 1.807) is 12.1 Å². The summed E-state index contributed by atoms with van der Waals surface area (Å²) in [5, 5.41) is 0. The summed E-state index contributed by atoms with van der Waals surface area (Å²) in [5.74, 6) is -0.385. The fourth-order valence-electron chi connectivity index (χ4n) is 3.70. The van der Waals surface area contributed by atoms with Crippen LogP contribution in [0, 0.1) is 5.82 Å². The summed E-state index contributed by atoms with van der Waals surface area (Å²) < 4.78 is 13.2. The highest BCUT2D eigenvalue weighted by Gasteiger charge is 2.31. The standard InChI is InChI=1S/C17H23FN2O/c1-13-4-3-9-20(13)16-7-10-19(11-8-16)17(21)14-5-2-6-15(18)12-14/h2,5-6,12-13,16H,3-4,7-11H2,1H3. The molecule has 0 bridgehead atoms. The van der Waals surface area contributed by atoms with Crippen LogP contribution in [0.2, 0.25) is 0 Å². The molecule has 2 saturated heterocycles. The first-order valence-corrected chi connectivity index (χ1v) is 7.96. The zero-order valence-electron chi connectivity index (χ0n) is 12.6. The lowest BCUT2D eigenvalue weighted by Gasteiger charge is -2.38. The third-order valence-corrected chi connectivity index (χ3v) is 4.90. The third kappa shape index (κ3) is 3.10. The van der Waals surface area contributed by atoms with E-state index in [4.69, 9.17) is 0 Å². The summed E-state index contributed by atoms with van der Waals surface area (Å²) in [6, 6.07) is 7.29. The largest absolute Gasteiger partial charge is 0.339 e. The minimum atomic E-state index is -0.346. The van der Waals surface area contributed by atoms with Gasteiger partial charge < -0.3 is 4.90 Å². The molecule has 0 saturated carbocycles. The summed E-state index contributed by atoms with van der Waals surface area (Å²) in [6.45, 7) is 5.06. The van der Waals surface area contributed by atoms with Crippen LogP contribution in [0.25, 0.3) is 0 Å². The van der Waals surface area contributed by atoms with E-state index in [0.29, 0.717) is 17.6 Å². The van der Waals surface area contributed by atoms with Crippen molar-refractivity contribution in [3.05, 3.63) is 35.6 Å². The van der Waals surface area contributed by atoms with Gasteiger partial charge in [0.15, 0.2) is 0 Å². The highest BCUT2D eigenvalue weighted by molar-refractivity contribution is 5.94. The summed E-state index contributed by atoms with van der Waals surface area (Å²) in [7, 11) is 0. The Labute approximate surface area is 125 Å². The van der Waals surface area contributed by atoms with Crippen LogP contribution in [-0.2, 0) is 0 Å². The van der Waals surface area contributed by atoms with Gasteiger partial charge in [-0.2, -0.15) is 0 Å². The number of hydrogen-bond donors (Lipinski definition) is 0. The van der Waals surface area contributed by atoms with Gasteiger partial charge >= 0.3 is 0 Å². The third-order valence-electron chi connectivity index (χ3n) is 4.90. The second-order valence-electron chi connectivity index (χ2n) is 6.26. The molecule has 1 unspecified atom stereocenters. The first-order chi connectivity index (χ1) is 10.1. The van der Waals surface area contributed by atoms with Gasteiger partial charge in [0.25, 0.3) is 5.91 Å². The SMILES string of the molecule is CC1CCCN1C1CCN(C(=O)c2cccc(F)c2)CC1. The Hall–Kier alpha value is -1.42. The quantitative estimate of drug-likeness (QED) is 0.836. The van der Waals surface area contributed by atoms with Crippen molar-refractivity contribution in [3.63, 3.8) is 0 Å². The van der Waals surface area contributed by atoms with Crippen LogP contribution in [0.5, 0.6) is 0 Å². The van der Waals surface area contributed by atoms with E-state index in [-0.39, 0.29) is 11.7 Å². The molecule has 4 heteroatoms. The van der Waals surface area contributed by atoms with Gasteiger partial charge in [-0.15, -0.1) is 0 Å². The van der Waals surface area contributed by atoms with Crippen LogP contribution in [0.1, 0.15) is 43.0 Å². The number of carbonyl (C=O) groups excluding carboxylic acids is 1. The molecule has 3 nitrogen and oxygen atoms in total. The monoisotopic (exact) mass is 290 g/mol. The second kappa shape index (κ2) is 6.14. The maximum atomic E-state index is 13.2. The number of piperidine rings is 1. The number of rotatable bonds is 2. The van der Waals surface area contributed by atoms with Crippen molar-refractivity contribution in [3.8, 4) is 0 Å². The molecule has 2 heterocycles. The molecular formula is C17H23FN2O. The van der Waals surface area contributed by atoms with E-state index >= 15 is 0 Å². The summed E-state index contributed by atoms with van der Waals surface area (Å²) >= 11 is 0. The molecule has 2 aliphatic rings. The van der Waals surface area contributed by atoms with Crippen LogP contribution >= 0.6 is 0 Å². The predicted molar refractivity (Wildman–Crippen MR) is 80.7 cm³/mol. The molecule has 0 spiro atoms. The van der Waals surface area contributed by atoms with Gasteiger partial charge in [-0.25, -0.2) is 4.39 Å². The molecule has 21 heavy (non-hydrogen) atoms. The number of likely N-dealkylation sites (tertiary alicyclic amines) is 2. The van der Waals surface area contributed by atoms with Gasteiger partial charge in [-0.05, 0) is 57.4 Å². The highest BCUT2D eigenvalue weighted by Crippen LogP contribution is 2.26. The molecule has 3 rings (SSSR count). The van der Waals surface area contributed by atoms with E-state index in [1.165, 1.54) is 31.5 Å². The number of amides is 1. The number of nitrogens with zero attached hydrogens (tertiary/aromatic N) is 2. The molecule has 1 aromatic rings. The highest BCUT2D eigenvalue weighted by atomic mass is 19.1. The average Bonchev–Trinajstić information content (AvgIpc) is 2.93. The number of benzene rings is 1. The lowest BCUT2D eigenvalue weighted by molar-refractivity contribution is 0.0610. The topological polar surface area (TPSA) is 23.6 Å². The van der Waals surface area contributed by atoms with Crippen LogP contribution in [-0.4, -0.2) is 47.4 Å². The smallest absolute Gasteiger partial charge is 0.253 e. The average molecular weight is 290 g/mol. The van der Waals surface area contributed by atoms with Gasteiger partial charge in [0, 0.05) is 30.7 Å². The maximum absolute atomic E-state index is 13.2. The minimum Gasteiger partial charge on any atom is -0.339 e. The molecule has 0 aliphatic carbocycles. The molecule has 2 aliphatic heterocycles. The van der Waals surface area contributed by atoms with Gasteiger partial charge in [-0.1, -0.05) is 6.07 Å². The fourth-order valence-corrected chi connectivity index (χ4v) is 3.70. The minimum absolute atomic E-state index is 0.0394. The summed E-state index contributed by atoms with van der Waals surface area (Å²) in [5.41, 5.74) is 0.461. The molecule has 2 fully saturated rings. The van der Waals surface area contributed by atoms with E-state index in [1.807, 2.05) is 4.90 Å². The van der Waals surface area contributed by atoms with Crippen molar-refractivity contribution in [2.24, 2.45) is 0 Å². The number of hydrogen-bond acceptors (Lipinski definition) is 2. The lowest BCUT2D eigenvalue weighted by Crippen LogP contribution is -2.47. The molecule has 114 valence electrons. The van der Waals surface area contributed by atoms with Crippen molar-refractivity contribution in [2.75, 3.05) is 19.6 Å².